The van der Waals surface area contributed by atoms with Crippen molar-refractivity contribution >= 4 is 16.9 Å². The van der Waals surface area contributed by atoms with Crippen LogP contribution in [0.15, 0.2) is 47.3 Å². The number of aromatic nitrogens is 2. The largest absolute Gasteiger partial charge is 0.497 e. The van der Waals surface area contributed by atoms with Gasteiger partial charge in [-0.2, -0.15) is 0 Å². The van der Waals surface area contributed by atoms with Crippen molar-refractivity contribution in [2.75, 3.05) is 26.7 Å². The van der Waals surface area contributed by atoms with Crippen molar-refractivity contribution < 1.29 is 19.1 Å². The molecule has 0 amide bonds. The van der Waals surface area contributed by atoms with Gasteiger partial charge in [-0.05, 0) is 73.9 Å². The average Bonchev–Trinajstić information content (AvgIpc) is 3.33. The van der Waals surface area contributed by atoms with E-state index >= 15 is 0 Å². The van der Waals surface area contributed by atoms with Crippen molar-refractivity contribution in [3.63, 3.8) is 0 Å². The van der Waals surface area contributed by atoms with E-state index in [0.717, 1.165) is 48.9 Å². The van der Waals surface area contributed by atoms with Gasteiger partial charge in [0, 0.05) is 18.1 Å². The van der Waals surface area contributed by atoms with Gasteiger partial charge in [0.15, 0.2) is 0 Å². The Kier molecular flexibility index (Phi) is 7.03. The Bertz CT molecular complexity index is 1120. The standard InChI is InChI=1S/C25H27N3O4/c1-31-20-7-8-23-21(16-20)18(9-11-26-23)4-2-5-19-10-14-28(17-22(19)25(29)30)13-3-6-24-27-12-15-32-24/h7-9,11-12,15-16,19,22H,2,4-5,10,13-14,17H2,1H3,(H,29,30)/t19-,22+/m1/s1. The van der Waals surface area contributed by atoms with Crippen molar-refractivity contribution in [3.05, 3.63) is 54.4 Å². The van der Waals surface area contributed by atoms with Gasteiger partial charge in [-0.25, -0.2) is 4.98 Å². The number of hydrogen-bond acceptors (Lipinski definition) is 6. The van der Waals surface area contributed by atoms with Gasteiger partial charge in [0.25, 0.3) is 5.89 Å². The Labute approximate surface area is 187 Å². The van der Waals surface area contributed by atoms with Crippen LogP contribution < -0.4 is 4.74 Å². The van der Waals surface area contributed by atoms with E-state index in [9.17, 15) is 9.90 Å². The second-order valence-corrected chi connectivity index (χ2v) is 8.11. The molecule has 3 heterocycles. The van der Waals surface area contributed by atoms with Gasteiger partial charge < -0.3 is 14.3 Å². The molecule has 1 aliphatic rings. The molecule has 0 unspecified atom stereocenters. The summed E-state index contributed by atoms with van der Waals surface area (Å²) in [6.07, 6.45) is 8.46. The zero-order chi connectivity index (χ0) is 22.3. The number of rotatable bonds is 7. The van der Waals surface area contributed by atoms with Gasteiger partial charge in [-0.3, -0.25) is 14.7 Å². The fourth-order valence-electron chi connectivity index (χ4n) is 4.43. The van der Waals surface area contributed by atoms with Crippen LogP contribution in [-0.4, -0.2) is 52.7 Å². The number of oxazole rings is 1. The molecule has 4 rings (SSSR count). The summed E-state index contributed by atoms with van der Waals surface area (Å²) >= 11 is 0. The van der Waals surface area contributed by atoms with Crippen LogP contribution in [0.2, 0.25) is 0 Å². The molecule has 1 fully saturated rings. The zero-order valence-electron chi connectivity index (χ0n) is 18.2. The minimum atomic E-state index is -0.723. The van der Waals surface area contributed by atoms with Crippen LogP contribution in [0.5, 0.6) is 5.75 Å². The highest BCUT2D eigenvalue weighted by molar-refractivity contribution is 5.83. The number of carboxylic acids is 1. The van der Waals surface area contributed by atoms with Gasteiger partial charge in [0.05, 0.1) is 31.3 Å². The normalized spacial score (nSPS) is 18.8. The van der Waals surface area contributed by atoms with Crippen molar-refractivity contribution in [3.8, 4) is 17.6 Å². The first-order valence-corrected chi connectivity index (χ1v) is 10.9. The number of benzene rings is 1. The molecule has 1 aromatic carbocycles. The lowest BCUT2D eigenvalue weighted by Gasteiger charge is -2.35. The van der Waals surface area contributed by atoms with Crippen molar-refractivity contribution in [2.45, 2.75) is 25.7 Å². The summed E-state index contributed by atoms with van der Waals surface area (Å²) in [6.45, 7) is 1.89. The van der Waals surface area contributed by atoms with E-state index < -0.39 is 5.97 Å². The molecular formula is C25H27N3O4. The van der Waals surface area contributed by atoms with Crippen molar-refractivity contribution in [1.29, 1.82) is 0 Å². The highest BCUT2D eigenvalue weighted by atomic mass is 16.5. The molecule has 0 radical (unpaired) electrons. The minimum absolute atomic E-state index is 0.172. The van der Waals surface area contributed by atoms with Crippen LogP contribution in [0.25, 0.3) is 10.9 Å². The van der Waals surface area contributed by atoms with Crippen LogP contribution in [0.1, 0.15) is 30.7 Å². The number of ether oxygens (including phenoxy) is 1. The third-order valence-electron chi connectivity index (χ3n) is 6.15. The van der Waals surface area contributed by atoms with Crippen LogP contribution in [-0.2, 0) is 11.2 Å². The number of methoxy groups -OCH3 is 1. The molecule has 0 saturated carbocycles. The molecule has 1 aliphatic heterocycles. The topological polar surface area (TPSA) is 88.7 Å². The summed E-state index contributed by atoms with van der Waals surface area (Å²) in [4.78, 5) is 22.5. The van der Waals surface area contributed by atoms with Crippen LogP contribution >= 0.6 is 0 Å². The van der Waals surface area contributed by atoms with Gasteiger partial charge >= 0.3 is 5.97 Å². The Morgan fingerprint density at radius 1 is 1.31 bits per heavy atom. The number of hydrogen-bond donors (Lipinski definition) is 1. The molecule has 2 atom stereocenters. The molecule has 1 N–H and O–H groups in total. The van der Waals surface area contributed by atoms with E-state index in [4.69, 9.17) is 9.15 Å². The number of aryl methyl sites for hydroxylation is 1. The van der Waals surface area contributed by atoms with Crippen LogP contribution in [0.3, 0.4) is 0 Å². The minimum Gasteiger partial charge on any atom is -0.497 e. The average molecular weight is 434 g/mol. The van der Waals surface area contributed by atoms with E-state index in [1.54, 1.807) is 13.3 Å². The molecular weight excluding hydrogens is 406 g/mol. The zero-order valence-corrected chi connectivity index (χ0v) is 18.2. The fraction of sp³-hybridized carbons (Fsp3) is 0.400. The molecule has 7 heteroatoms. The van der Waals surface area contributed by atoms with Gasteiger partial charge in [0.1, 0.15) is 12.0 Å². The lowest BCUT2D eigenvalue weighted by molar-refractivity contribution is -0.146. The SMILES string of the molecule is COc1ccc2nccc(CCC[C@@H]3CCN(CC#Cc4ncco4)C[C@@H]3C(=O)O)c2c1. The molecule has 0 bridgehead atoms. The molecule has 0 spiro atoms. The number of likely N-dealkylation sites (tertiary alicyclic amines) is 1. The van der Waals surface area contributed by atoms with Crippen molar-refractivity contribution in [2.24, 2.45) is 11.8 Å². The number of carbonyl (C=O) groups is 1. The first-order valence-electron chi connectivity index (χ1n) is 10.9. The maximum absolute atomic E-state index is 11.9. The summed E-state index contributed by atoms with van der Waals surface area (Å²) < 4.78 is 10.5. The van der Waals surface area contributed by atoms with E-state index in [1.165, 1.54) is 11.8 Å². The summed E-state index contributed by atoms with van der Waals surface area (Å²) in [5.74, 6) is 6.18. The highest BCUT2D eigenvalue weighted by Gasteiger charge is 2.33. The van der Waals surface area contributed by atoms with E-state index in [0.29, 0.717) is 19.0 Å². The van der Waals surface area contributed by atoms with Crippen LogP contribution in [0, 0.1) is 23.7 Å². The van der Waals surface area contributed by atoms with Gasteiger partial charge in [0.2, 0.25) is 0 Å². The smallest absolute Gasteiger partial charge is 0.308 e. The third-order valence-corrected chi connectivity index (χ3v) is 6.15. The van der Waals surface area contributed by atoms with E-state index in [-0.39, 0.29) is 11.8 Å². The highest BCUT2D eigenvalue weighted by Crippen LogP contribution is 2.30. The summed E-state index contributed by atoms with van der Waals surface area (Å²) in [7, 11) is 1.66. The Balaban J connectivity index is 1.34. The number of carboxylic acid groups (broad SMARTS) is 1. The number of piperidine rings is 1. The molecule has 0 aliphatic carbocycles. The monoisotopic (exact) mass is 433 g/mol. The predicted octanol–water partition coefficient (Wildman–Crippen LogP) is 3.63. The summed E-state index contributed by atoms with van der Waals surface area (Å²) in [6, 6.07) is 7.96. The molecule has 2 aromatic heterocycles. The second-order valence-electron chi connectivity index (χ2n) is 8.11. The maximum atomic E-state index is 11.9. The molecule has 7 nitrogen and oxygen atoms in total. The van der Waals surface area contributed by atoms with Crippen molar-refractivity contribution in [1.82, 2.24) is 14.9 Å². The van der Waals surface area contributed by atoms with E-state index in [2.05, 4.69) is 26.7 Å². The molecule has 1 saturated heterocycles. The number of aliphatic carboxylic acids is 1. The lowest BCUT2D eigenvalue weighted by atomic mass is 9.81. The Hall–Kier alpha value is -3.37. The quantitative estimate of drug-likeness (QED) is 0.569. The van der Waals surface area contributed by atoms with Gasteiger partial charge in [-0.15, -0.1) is 0 Å². The number of fused-ring (bicyclic) bond motifs is 1. The molecule has 166 valence electrons. The maximum Gasteiger partial charge on any atom is 0.308 e. The lowest BCUT2D eigenvalue weighted by Crippen LogP contribution is -2.44. The first-order chi connectivity index (χ1) is 15.6. The first kappa shape index (κ1) is 21.8. The Morgan fingerprint density at radius 3 is 3.00 bits per heavy atom. The molecule has 32 heavy (non-hydrogen) atoms. The number of pyridine rings is 1. The summed E-state index contributed by atoms with van der Waals surface area (Å²) in [5.41, 5.74) is 2.17. The van der Waals surface area contributed by atoms with Gasteiger partial charge in [-0.1, -0.05) is 5.92 Å². The second kappa shape index (κ2) is 10.3. The summed E-state index contributed by atoms with van der Waals surface area (Å²) in [5, 5.41) is 10.9. The molecule has 3 aromatic rings. The predicted molar refractivity (Wildman–Crippen MR) is 120 cm³/mol. The number of nitrogens with zero attached hydrogens (tertiary/aromatic N) is 3. The van der Waals surface area contributed by atoms with Crippen LogP contribution in [0.4, 0.5) is 0 Å². The fourth-order valence-corrected chi connectivity index (χ4v) is 4.43. The van der Waals surface area contributed by atoms with E-state index in [1.807, 2.05) is 30.5 Å². The third kappa shape index (κ3) is 5.27. The Morgan fingerprint density at radius 2 is 2.22 bits per heavy atom.